The molecule has 32 heavy (non-hydrogen) atoms. The summed E-state index contributed by atoms with van der Waals surface area (Å²) in [7, 11) is 0. The van der Waals surface area contributed by atoms with Crippen molar-refractivity contribution in [3.8, 4) is 5.00 Å². The zero-order valence-electron chi connectivity index (χ0n) is 17.4. The van der Waals surface area contributed by atoms with Crippen LogP contribution in [0.3, 0.4) is 0 Å². The smallest absolute Gasteiger partial charge is 0.310 e. The molecule has 2 amide bonds. The van der Waals surface area contributed by atoms with Gasteiger partial charge in [-0.15, -0.1) is 22.7 Å². The van der Waals surface area contributed by atoms with Gasteiger partial charge in [-0.2, -0.15) is 0 Å². The molecule has 0 saturated heterocycles. The van der Waals surface area contributed by atoms with E-state index in [1.165, 1.54) is 39.9 Å². The molecule has 0 spiro atoms. The first-order valence-electron chi connectivity index (χ1n) is 10.9. The molecule has 0 bridgehead atoms. The molecule has 1 atom stereocenters. The fourth-order valence-electron chi connectivity index (χ4n) is 4.88. The van der Waals surface area contributed by atoms with Crippen LogP contribution < -0.4 is 5.32 Å². The highest BCUT2D eigenvalue weighted by Crippen LogP contribution is 2.44. The van der Waals surface area contributed by atoms with Crippen LogP contribution in [-0.4, -0.2) is 15.5 Å². The molecule has 1 aliphatic carbocycles. The van der Waals surface area contributed by atoms with Crippen LogP contribution in [-0.2, 0) is 19.4 Å². The van der Waals surface area contributed by atoms with E-state index in [9.17, 15) is 9.18 Å². The number of aryl methyl sites for hydroxylation is 1. The highest BCUT2D eigenvalue weighted by Gasteiger charge is 2.36. The van der Waals surface area contributed by atoms with E-state index in [4.69, 9.17) is 0 Å². The number of urea groups is 1. The van der Waals surface area contributed by atoms with Gasteiger partial charge < -0.3 is 14.8 Å². The Labute approximate surface area is 193 Å². The third-order valence-electron chi connectivity index (χ3n) is 6.37. The standard InChI is InChI=1S/C25H22FN3OS2/c26-18-8-2-3-9-19(18)27-25(30)29-15-17-16-7-1-4-11-21(16)32-24(17)28-13-5-10-20(28)23(29)22-12-6-14-31-22/h2-3,5-6,8-10,12-14,23H,1,4,7,11,15H2,(H,27,30). The quantitative estimate of drug-likeness (QED) is 0.351. The van der Waals surface area contributed by atoms with Crippen LogP contribution in [0.25, 0.3) is 5.00 Å². The SMILES string of the molecule is O=C(Nc1ccccc1F)N1Cc2c(sc3c2CCCC3)-n2cccc2C1c1cccs1. The summed E-state index contributed by atoms with van der Waals surface area (Å²) in [6.45, 7) is 0.506. The number of fused-ring (bicyclic) bond motifs is 5. The number of carbonyl (C=O) groups is 1. The highest BCUT2D eigenvalue weighted by atomic mass is 32.1. The lowest BCUT2D eigenvalue weighted by molar-refractivity contribution is 0.195. The molecule has 4 nitrogen and oxygen atoms in total. The van der Waals surface area contributed by atoms with Gasteiger partial charge in [0.15, 0.2) is 0 Å². The minimum atomic E-state index is -0.430. The molecule has 0 saturated carbocycles. The van der Waals surface area contributed by atoms with Crippen molar-refractivity contribution in [2.45, 2.75) is 38.3 Å². The number of nitrogens with one attached hydrogen (secondary N) is 1. The van der Waals surface area contributed by atoms with Gasteiger partial charge in [0.05, 0.1) is 17.9 Å². The predicted molar refractivity (Wildman–Crippen MR) is 127 cm³/mol. The number of para-hydroxylation sites is 1. The summed E-state index contributed by atoms with van der Waals surface area (Å²) >= 11 is 3.51. The summed E-state index contributed by atoms with van der Waals surface area (Å²) < 4.78 is 16.6. The van der Waals surface area contributed by atoms with Crippen molar-refractivity contribution >= 4 is 34.4 Å². The van der Waals surface area contributed by atoms with E-state index in [-0.39, 0.29) is 17.8 Å². The zero-order chi connectivity index (χ0) is 21.7. The number of rotatable bonds is 2. The molecule has 1 N–H and O–H groups in total. The third kappa shape index (κ3) is 3.19. The largest absolute Gasteiger partial charge is 0.323 e. The van der Waals surface area contributed by atoms with Gasteiger partial charge in [-0.25, -0.2) is 9.18 Å². The van der Waals surface area contributed by atoms with Crippen LogP contribution in [0.1, 0.15) is 45.5 Å². The Balaban J connectivity index is 1.50. The van der Waals surface area contributed by atoms with E-state index in [2.05, 4.69) is 34.3 Å². The maximum Gasteiger partial charge on any atom is 0.323 e. The van der Waals surface area contributed by atoms with E-state index < -0.39 is 5.82 Å². The Morgan fingerprint density at radius 3 is 2.75 bits per heavy atom. The highest BCUT2D eigenvalue weighted by molar-refractivity contribution is 7.15. The van der Waals surface area contributed by atoms with Crippen molar-refractivity contribution in [1.82, 2.24) is 9.47 Å². The van der Waals surface area contributed by atoms with Crippen LogP contribution in [0.4, 0.5) is 14.9 Å². The number of benzene rings is 1. The van der Waals surface area contributed by atoms with Gasteiger partial charge in [0.2, 0.25) is 0 Å². The number of hydrogen-bond acceptors (Lipinski definition) is 3. The fourth-order valence-corrected chi connectivity index (χ4v) is 7.13. The predicted octanol–water partition coefficient (Wildman–Crippen LogP) is 6.76. The van der Waals surface area contributed by atoms with Crippen LogP contribution in [0.15, 0.2) is 60.1 Å². The number of nitrogens with zero attached hydrogens (tertiary/aromatic N) is 2. The monoisotopic (exact) mass is 463 g/mol. The van der Waals surface area contributed by atoms with Crippen molar-refractivity contribution in [2.24, 2.45) is 0 Å². The molecule has 1 aliphatic heterocycles. The number of halogens is 1. The van der Waals surface area contributed by atoms with E-state index in [1.54, 1.807) is 29.5 Å². The number of anilines is 1. The Morgan fingerprint density at radius 1 is 1.03 bits per heavy atom. The van der Waals surface area contributed by atoms with Crippen molar-refractivity contribution in [2.75, 3.05) is 5.32 Å². The van der Waals surface area contributed by atoms with E-state index in [0.717, 1.165) is 23.4 Å². The third-order valence-corrected chi connectivity index (χ3v) is 8.63. The molecule has 0 fully saturated rings. The molecule has 6 rings (SSSR count). The van der Waals surface area contributed by atoms with Crippen LogP contribution in [0.2, 0.25) is 0 Å². The van der Waals surface area contributed by atoms with Gasteiger partial charge in [-0.1, -0.05) is 18.2 Å². The number of aromatic nitrogens is 1. The second kappa shape index (κ2) is 7.90. The van der Waals surface area contributed by atoms with Crippen molar-refractivity contribution in [1.29, 1.82) is 0 Å². The second-order valence-electron chi connectivity index (χ2n) is 8.25. The summed E-state index contributed by atoms with van der Waals surface area (Å²) in [5.74, 6) is -0.430. The lowest BCUT2D eigenvalue weighted by Gasteiger charge is -2.30. The van der Waals surface area contributed by atoms with Crippen LogP contribution in [0.5, 0.6) is 0 Å². The first-order chi connectivity index (χ1) is 15.7. The molecule has 1 unspecified atom stereocenters. The van der Waals surface area contributed by atoms with Crippen LogP contribution >= 0.6 is 22.7 Å². The fraction of sp³-hybridized carbons (Fsp3) is 0.240. The average Bonchev–Trinajstić information content (AvgIpc) is 3.55. The normalized spacial score (nSPS) is 17.3. The Bertz CT molecular complexity index is 1290. The molecule has 162 valence electrons. The van der Waals surface area contributed by atoms with Gasteiger partial charge in [0.1, 0.15) is 16.9 Å². The Morgan fingerprint density at radius 2 is 1.91 bits per heavy atom. The first-order valence-corrected chi connectivity index (χ1v) is 12.6. The molecule has 4 heterocycles. The second-order valence-corrected chi connectivity index (χ2v) is 10.3. The lowest BCUT2D eigenvalue weighted by atomic mass is 9.95. The summed E-state index contributed by atoms with van der Waals surface area (Å²) in [6, 6.07) is 14.0. The van der Waals surface area contributed by atoms with Crippen molar-refractivity contribution in [3.63, 3.8) is 0 Å². The summed E-state index contributed by atoms with van der Waals surface area (Å²) in [5.41, 5.74) is 3.92. The molecular formula is C25H22FN3OS2. The average molecular weight is 464 g/mol. The number of amides is 2. The molecule has 0 radical (unpaired) electrons. The van der Waals surface area contributed by atoms with Crippen molar-refractivity contribution in [3.05, 3.63) is 92.5 Å². The van der Waals surface area contributed by atoms with Crippen LogP contribution in [0, 0.1) is 5.82 Å². The maximum absolute atomic E-state index is 14.3. The number of carbonyl (C=O) groups excluding carboxylic acids is 1. The minimum Gasteiger partial charge on any atom is -0.310 e. The maximum atomic E-state index is 14.3. The topological polar surface area (TPSA) is 37.3 Å². The summed E-state index contributed by atoms with van der Waals surface area (Å²) in [4.78, 5) is 18.1. The van der Waals surface area contributed by atoms with Gasteiger partial charge in [0, 0.05) is 21.5 Å². The molecule has 1 aromatic carbocycles. The number of hydrogen-bond donors (Lipinski definition) is 1. The molecule has 7 heteroatoms. The summed E-state index contributed by atoms with van der Waals surface area (Å²) in [6.07, 6.45) is 6.68. The van der Waals surface area contributed by atoms with Gasteiger partial charge in [-0.3, -0.25) is 0 Å². The number of thiophene rings is 2. The Hall–Kier alpha value is -2.90. The minimum absolute atomic E-state index is 0.203. The first kappa shape index (κ1) is 19.8. The van der Waals surface area contributed by atoms with Gasteiger partial charge in [-0.05, 0) is 67.0 Å². The van der Waals surface area contributed by atoms with Crippen molar-refractivity contribution < 1.29 is 9.18 Å². The molecule has 2 aliphatic rings. The van der Waals surface area contributed by atoms with E-state index >= 15 is 0 Å². The zero-order valence-corrected chi connectivity index (χ0v) is 19.0. The molecule has 4 aromatic rings. The van der Waals surface area contributed by atoms with E-state index in [0.29, 0.717) is 6.54 Å². The van der Waals surface area contributed by atoms with E-state index in [1.807, 2.05) is 27.7 Å². The summed E-state index contributed by atoms with van der Waals surface area (Å²) in [5, 5.41) is 6.10. The molecular weight excluding hydrogens is 441 g/mol. The van der Waals surface area contributed by atoms with Gasteiger partial charge >= 0.3 is 6.03 Å². The lowest BCUT2D eigenvalue weighted by Crippen LogP contribution is -2.38. The van der Waals surface area contributed by atoms with Gasteiger partial charge in [0.25, 0.3) is 0 Å². The molecule has 3 aromatic heterocycles. The Kier molecular flexibility index (Phi) is 4.88.